The van der Waals surface area contributed by atoms with Gasteiger partial charge in [-0.3, -0.25) is 0 Å². The largest absolute Gasteiger partial charge is 0.388 e. The van der Waals surface area contributed by atoms with Crippen molar-refractivity contribution < 1.29 is 0 Å². The number of hydrogen-bond acceptors (Lipinski definition) is 1. The maximum absolute atomic E-state index is 3.16. The fraction of sp³-hybridized carbons (Fsp3) is 0.333. The van der Waals surface area contributed by atoms with Gasteiger partial charge >= 0.3 is 0 Å². The number of anilines is 1. The average Bonchev–Trinajstić information content (AvgIpc) is 2.01. The van der Waals surface area contributed by atoms with Crippen LogP contribution in [0.15, 0.2) is 12.1 Å². The van der Waals surface area contributed by atoms with Crippen molar-refractivity contribution in [2.45, 2.75) is 13.8 Å². The minimum absolute atomic E-state index is 1.22. The second-order valence-corrected chi connectivity index (χ2v) is 3.76. The smallest absolute Gasteiger partial charge is 0.0370 e. The fourth-order valence-electron chi connectivity index (χ4n) is 1.06. The lowest BCUT2D eigenvalue weighted by Gasteiger charge is -2.08. The van der Waals surface area contributed by atoms with Crippen LogP contribution in [-0.4, -0.2) is 7.05 Å². The number of benzene rings is 1. The van der Waals surface area contributed by atoms with Crippen molar-refractivity contribution in [3.63, 3.8) is 0 Å². The van der Waals surface area contributed by atoms with Crippen LogP contribution >= 0.6 is 22.6 Å². The zero-order valence-corrected chi connectivity index (χ0v) is 9.19. The Hall–Kier alpha value is -0.250. The zero-order chi connectivity index (χ0) is 8.43. The first-order valence-corrected chi connectivity index (χ1v) is 4.68. The second-order valence-electron chi connectivity index (χ2n) is 2.59. The summed E-state index contributed by atoms with van der Waals surface area (Å²) in [5.41, 5.74) is 3.94. The van der Waals surface area contributed by atoms with Crippen molar-refractivity contribution in [2.75, 3.05) is 12.4 Å². The van der Waals surface area contributed by atoms with E-state index in [0.29, 0.717) is 0 Å². The lowest BCUT2D eigenvalue weighted by atomic mass is 10.1. The molecule has 1 aromatic rings. The van der Waals surface area contributed by atoms with Gasteiger partial charge in [-0.05, 0) is 59.7 Å². The Bertz CT molecular complexity index is 269. The first-order valence-electron chi connectivity index (χ1n) is 3.60. The average molecular weight is 261 g/mol. The van der Waals surface area contributed by atoms with Gasteiger partial charge in [-0.15, -0.1) is 0 Å². The monoisotopic (exact) mass is 261 g/mol. The molecule has 0 saturated carbocycles. The molecule has 1 aromatic carbocycles. The Morgan fingerprint density at radius 1 is 1.18 bits per heavy atom. The van der Waals surface area contributed by atoms with Gasteiger partial charge in [0.05, 0.1) is 0 Å². The Balaban J connectivity index is 3.25. The van der Waals surface area contributed by atoms with Crippen molar-refractivity contribution in [3.8, 4) is 0 Å². The zero-order valence-electron chi connectivity index (χ0n) is 7.03. The minimum atomic E-state index is 1.22. The first-order chi connectivity index (χ1) is 5.16. The highest BCUT2D eigenvalue weighted by molar-refractivity contribution is 14.1. The van der Waals surface area contributed by atoms with Crippen LogP contribution in [0.25, 0.3) is 0 Å². The third-order valence-corrected chi connectivity index (χ3v) is 3.16. The van der Waals surface area contributed by atoms with Gasteiger partial charge < -0.3 is 5.32 Å². The molecule has 0 saturated heterocycles. The van der Waals surface area contributed by atoms with E-state index in [1.54, 1.807) is 0 Å². The molecule has 0 bridgehead atoms. The Morgan fingerprint density at radius 2 is 1.82 bits per heavy atom. The predicted octanol–water partition coefficient (Wildman–Crippen LogP) is 2.95. The molecule has 0 aliphatic carbocycles. The van der Waals surface area contributed by atoms with E-state index in [4.69, 9.17) is 0 Å². The minimum Gasteiger partial charge on any atom is -0.388 e. The summed E-state index contributed by atoms with van der Waals surface area (Å²) in [6.45, 7) is 4.29. The van der Waals surface area contributed by atoms with Crippen LogP contribution in [0, 0.1) is 17.4 Å². The highest BCUT2D eigenvalue weighted by Crippen LogP contribution is 2.22. The van der Waals surface area contributed by atoms with Gasteiger partial charge in [0.2, 0.25) is 0 Å². The molecule has 0 atom stereocenters. The lowest BCUT2D eigenvalue weighted by molar-refractivity contribution is 1.29. The summed E-state index contributed by atoms with van der Waals surface area (Å²) in [5, 5.41) is 3.16. The standard InChI is InChI=1S/C9H12IN/c1-6-7(2)9(11-3)5-4-8(6)10/h4-5,11H,1-3H3. The lowest BCUT2D eigenvalue weighted by Crippen LogP contribution is -1.95. The van der Waals surface area contributed by atoms with Crippen molar-refractivity contribution >= 4 is 28.3 Å². The molecule has 0 unspecified atom stereocenters. The van der Waals surface area contributed by atoms with E-state index in [2.05, 4.69) is 53.9 Å². The summed E-state index contributed by atoms with van der Waals surface area (Å²) in [7, 11) is 1.95. The van der Waals surface area contributed by atoms with Crippen molar-refractivity contribution in [2.24, 2.45) is 0 Å². The van der Waals surface area contributed by atoms with Gasteiger partial charge in [0, 0.05) is 16.3 Å². The number of hydrogen-bond donors (Lipinski definition) is 1. The molecule has 0 radical (unpaired) electrons. The molecule has 0 fully saturated rings. The van der Waals surface area contributed by atoms with E-state index in [1.165, 1.54) is 20.4 Å². The van der Waals surface area contributed by atoms with E-state index in [-0.39, 0.29) is 0 Å². The molecule has 0 aromatic heterocycles. The summed E-state index contributed by atoms with van der Waals surface area (Å²) in [4.78, 5) is 0. The summed E-state index contributed by atoms with van der Waals surface area (Å²) in [6.07, 6.45) is 0. The van der Waals surface area contributed by atoms with E-state index in [9.17, 15) is 0 Å². The number of halogens is 1. The molecule has 0 spiro atoms. The summed E-state index contributed by atoms with van der Waals surface area (Å²) < 4.78 is 1.33. The molecule has 2 heteroatoms. The predicted molar refractivity (Wildman–Crippen MR) is 58.2 cm³/mol. The van der Waals surface area contributed by atoms with Crippen molar-refractivity contribution in [1.82, 2.24) is 0 Å². The summed E-state index contributed by atoms with van der Waals surface area (Å²) in [5.74, 6) is 0. The normalized spacial score (nSPS) is 9.82. The van der Waals surface area contributed by atoms with Crippen LogP contribution < -0.4 is 5.32 Å². The molecule has 11 heavy (non-hydrogen) atoms. The molecule has 1 rings (SSSR count). The van der Waals surface area contributed by atoms with Crippen LogP contribution in [-0.2, 0) is 0 Å². The third kappa shape index (κ3) is 1.67. The Labute approximate surface area is 81.3 Å². The molecule has 1 nitrogen and oxygen atoms in total. The maximum Gasteiger partial charge on any atom is 0.0370 e. The van der Waals surface area contributed by atoms with Crippen LogP contribution in [0.4, 0.5) is 5.69 Å². The van der Waals surface area contributed by atoms with Gasteiger partial charge in [0.25, 0.3) is 0 Å². The second kappa shape index (κ2) is 3.43. The van der Waals surface area contributed by atoms with Crippen molar-refractivity contribution in [3.05, 3.63) is 26.8 Å². The van der Waals surface area contributed by atoms with Crippen LogP contribution in [0.5, 0.6) is 0 Å². The molecular formula is C9H12IN. The maximum atomic E-state index is 3.16. The molecule has 0 aliphatic rings. The summed E-state index contributed by atoms with van der Waals surface area (Å²) in [6, 6.07) is 4.25. The van der Waals surface area contributed by atoms with Gasteiger partial charge in [0.15, 0.2) is 0 Å². The fourth-order valence-corrected chi connectivity index (χ4v) is 1.64. The molecular weight excluding hydrogens is 249 g/mol. The Kier molecular flexibility index (Phi) is 2.76. The van der Waals surface area contributed by atoms with Gasteiger partial charge in [-0.25, -0.2) is 0 Å². The van der Waals surface area contributed by atoms with E-state index >= 15 is 0 Å². The highest BCUT2D eigenvalue weighted by Gasteiger charge is 2.01. The molecule has 0 amide bonds. The van der Waals surface area contributed by atoms with E-state index < -0.39 is 0 Å². The molecule has 60 valence electrons. The quantitative estimate of drug-likeness (QED) is 0.766. The highest BCUT2D eigenvalue weighted by atomic mass is 127. The van der Waals surface area contributed by atoms with Crippen molar-refractivity contribution in [1.29, 1.82) is 0 Å². The van der Waals surface area contributed by atoms with Crippen LogP contribution in [0.2, 0.25) is 0 Å². The van der Waals surface area contributed by atoms with Gasteiger partial charge in [-0.1, -0.05) is 0 Å². The SMILES string of the molecule is CNc1ccc(I)c(C)c1C. The van der Waals surface area contributed by atoms with Gasteiger partial charge in [-0.2, -0.15) is 0 Å². The molecule has 0 heterocycles. The first kappa shape index (κ1) is 8.84. The van der Waals surface area contributed by atoms with Crippen LogP contribution in [0.1, 0.15) is 11.1 Å². The Morgan fingerprint density at radius 3 is 2.36 bits per heavy atom. The van der Waals surface area contributed by atoms with Gasteiger partial charge in [0.1, 0.15) is 0 Å². The van der Waals surface area contributed by atoms with E-state index in [0.717, 1.165) is 0 Å². The topological polar surface area (TPSA) is 12.0 Å². The van der Waals surface area contributed by atoms with Crippen LogP contribution in [0.3, 0.4) is 0 Å². The van der Waals surface area contributed by atoms with E-state index in [1.807, 2.05) is 7.05 Å². The molecule has 1 N–H and O–H groups in total. The summed E-state index contributed by atoms with van der Waals surface area (Å²) >= 11 is 2.36. The molecule has 0 aliphatic heterocycles. The number of nitrogens with one attached hydrogen (secondary N) is 1. The third-order valence-electron chi connectivity index (χ3n) is 1.99. The number of rotatable bonds is 1.